The summed E-state index contributed by atoms with van der Waals surface area (Å²) in [5.41, 5.74) is 2.55. The smallest absolute Gasteiger partial charge is 0.251 e. The number of benzene rings is 4. The third-order valence-corrected chi connectivity index (χ3v) is 4.95. The van der Waals surface area contributed by atoms with E-state index in [9.17, 15) is 4.79 Å². The van der Waals surface area contributed by atoms with E-state index in [4.69, 9.17) is 16.3 Å². The third-order valence-electron chi connectivity index (χ3n) is 4.70. The van der Waals surface area contributed by atoms with Gasteiger partial charge in [-0.3, -0.25) is 4.79 Å². The first-order valence-corrected chi connectivity index (χ1v) is 9.79. The van der Waals surface area contributed by atoms with Crippen molar-refractivity contribution >= 4 is 28.3 Å². The van der Waals surface area contributed by atoms with Gasteiger partial charge in [0, 0.05) is 22.5 Å². The van der Waals surface area contributed by atoms with Crippen LogP contribution in [-0.2, 0) is 13.2 Å². The molecule has 1 amide bonds. The minimum Gasteiger partial charge on any atom is -0.488 e. The molecule has 0 saturated carbocycles. The minimum atomic E-state index is -0.119. The van der Waals surface area contributed by atoms with Gasteiger partial charge in [-0.1, -0.05) is 72.3 Å². The molecule has 0 atom stereocenters. The number of fused-ring (bicyclic) bond motifs is 1. The van der Waals surface area contributed by atoms with E-state index in [0.29, 0.717) is 23.7 Å². The molecule has 3 nitrogen and oxygen atoms in total. The van der Waals surface area contributed by atoms with Crippen LogP contribution in [0.15, 0.2) is 91.0 Å². The van der Waals surface area contributed by atoms with E-state index in [1.807, 2.05) is 72.8 Å². The molecule has 0 aliphatic carbocycles. The molecule has 0 heterocycles. The van der Waals surface area contributed by atoms with Crippen LogP contribution >= 0.6 is 11.6 Å². The Hall–Kier alpha value is -3.30. The zero-order chi connectivity index (χ0) is 20.1. The molecule has 144 valence electrons. The lowest BCUT2D eigenvalue weighted by molar-refractivity contribution is 0.0950. The van der Waals surface area contributed by atoms with Crippen LogP contribution in [-0.4, -0.2) is 5.91 Å². The van der Waals surface area contributed by atoms with Crippen molar-refractivity contribution in [2.24, 2.45) is 0 Å². The van der Waals surface area contributed by atoms with Crippen molar-refractivity contribution in [1.29, 1.82) is 0 Å². The summed E-state index contributed by atoms with van der Waals surface area (Å²) < 4.78 is 6.04. The molecule has 0 aromatic heterocycles. The van der Waals surface area contributed by atoms with E-state index in [1.54, 1.807) is 6.07 Å². The van der Waals surface area contributed by atoms with Gasteiger partial charge in [-0.05, 0) is 46.8 Å². The van der Waals surface area contributed by atoms with Crippen molar-refractivity contribution in [2.45, 2.75) is 13.2 Å². The van der Waals surface area contributed by atoms with Gasteiger partial charge >= 0.3 is 0 Å². The SMILES string of the molecule is O=C(NCc1ccc(Cl)cc1)c1cccc(COc2cccc3ccccc23)c1. The number of amides is 1. The zero-order valence-corrected chi connectivity index (χ0v) is 16.5. The Bertz CT molecular complexity index is 1130. The minimum absolute atomic E-state index is 0.119. The van der Waals surface area contributed by atoms with E-state index < -0.39 is 0 Å². The molecule has 1 N–H and O–H groups in total. The van der Waals surface area contributed by atoms with Crippen molar-refractivity contribution < 1.29 is 9.53 Å². The lowest BCUT2D eigenvalue weighted by atomic mass is 10.1. The van der Waals surface area contributed by atoms with Gasteiger partial charge in [-0.15, -0.1) is 0 Å². The second kappa shape index (κ2) is 8.80. The molecule has 0 saturated heterocycles. The monoisotopic (exact) mass is 401 g/mol. The number of halogens is 1. The number of rotatable bonds is 6. The Morgan fingerprint density at radius 2 is 1.59 bits per heavy atom. The molecule has 0 aliphatic heterocycles. The Morgan fingerprint density at radius 3 is 2.45 bits per heavy atom. The van der Waals surface area contributed by atoms with Gasteiger partial charge in [0.05, 0.1) is 0 Å². The van der Waals surface area contributed by atoms with Crippen molar-refractivity contribution in [1.82, 2.24) is 5.32 Å². The van der Waals surface area contributed by atoms with Crippen molar-refractivity contribution in [3.63, 3.8) is 0 Å². The lowest BCUT2D eigenvalue weighted by Gasteiger charge is -2.11. The number of hydrogen-bond acceptors (Lipinski definition) is 2. The lowest BCUT2D eigenvalue weighted by Crippen LogP contribution is -2.22. The third kappa shape index (κ3) is 4.76. The van der Waals surface area contributed by atoms with Crippen LogP contribution in [0.1, 0.15) is 21.5 Å². The first kappa shape index (κ1) is 19.0. The molecule has 0 radical (unpaired) electrons. The first-order valence-electron chi connectivity index (χ1n) is 9.41. The van der Waals surface area contributed by atoms with Crippen LogP contribution in [0.2, 0.25) is 5.02 Å². The summed E-state index contributed by atoms with van der Waals surface area (Å²) in [6, 6.07) is 29.1. The van der Waals surface area contributed by atoms with Crippen LogP contribution in [0.3, 0.4) is 0 Å². The maximum Gasteiger partial charge on any atom is 0.251 e. The number of hydrogen-bond donors (Lipinski definition) is 1. The summed E-state index contributed by atoms with van der Waals surface area (Å²) in [4.78, 5) is 12.5. The fraction of sp³-hybridized carbons (Fsp3) is 0.0800. The van der Waals surface area contributed by atoms with Crippen LogP contribution in [0.5, 0.6) is 5.75 Å². The molecule has 0 bridgehead atoms. The second-order valence-corrected chi connectivity index (χ2v) is 7.21. The van der Waals surface area contributed by atoms with Crippen molar-refractivity contribution in [2.75, 3.05) is 0 Å². The van der Waals surface area contributed by atoms with Crippen LogP contribution < -0.4 is 10.1 Å². The summed E-state index contributed by atoms with van der Waals surface area (Å²) in [6.45, 7) is 0.846. The molecule has 4 aromatic rings. The van der Waals surface area contributed by atoms with E-state index in [1.165, 1.54) is 0 Å². The molecule has 4 rings (SSSR count). The summed E-state index contributed by atoms with van der Waals surface area (Å²) in [5.74, 6) is 0.715. The van der Waals surface area contributed by atoms with Crippen LogP contribution in [0.4, 0.5) is 0 Å². The molecule has 4 aromatic carbocycles. The zero-order valence-electron chi connectivity index (χ0n) is 15.8. The molecule has 0 aliphatic rings. The van der Waals surface area contributed by atoms with E-state index in [0.717, 1.165) is 27.6 Å². The Morgan fingerprint density at radius 1 is 0.828 bits per heavy atom. The van der Waals surface area contributed by atoms with Crippen molar-refractivity contribution in [3.05, 3.63) is 113 Å². The summed E-state index contributed by atoms with van der Waals surface area (Å²) >= 11 is 5.89. The Labute approximate surface area is 174 Å². The molecular weight excluding hydrogens is 382 g/mol. The van der Waals surface area contributed by atoms with Gasteiger partial charge in [0.25, 0.3) is 5.91 Å². The van der Waals surface area contributed by atoms with Gasteiger partial charge in [0.15, 0.2) is 0 Å². The van der Waals surface area contributed by atoms with Gasteiger partial charge in [-0.2, -0.15) is 0 Å². The Kier molecular flexibility index (Phi) is 5.78. The van der Waals surface area contributed by atoms with Gasteiger partial charge in [-0.25, -0.2) is 0 Å². The second-order valence-electron chi connectivity index (χ2n) is 6.78. The molecular formula is C25H20ClNO2. The van der Waals surface area contributed by atoms with E-state index >= 15 is 0 Å². The number of carbonyl (C=O) groups is 1. The quantitative estimate of drug-likeness (QED) is 0.430. The van der Waals surface area contributed by atoms with Gasteiger partial charge in [0.2, 0.25) is 0 Å². The van der Waals surface area contributed by atoms with Crippen LogP contribution in [0, 0.1) is 0 Å². The maximum absolute atomic E-state index is 12.5. The van der Waals surface area contributed by atoms with Gasteiger partial charge < -0.3 is 10.1 Å². The number of nitrogens with one attached hydrogen (secondary N) is 1. The predicted molar refractivity (Wildman–Crippen MR) is 117 cm³/mol. The summed E-state index contributed by atoms with van der Waals surface area (Å²) in [5, 5.41) is 5.83. The van der Waals surface area contributed by atoms with Gasteiger partial charge in [0.1, 0.15) is 12.4 Å². The fourth-order valence-electron chi connectivity index (χ4n) is 3.17. The largest absolute Gasteiger partial charge is 0.488 e. The molecule has 0 fully saturated rings. The normalized spacial score (nSPS) is 10.7. The first-order chi connectivity index (χ1) is 14.2. The summed E-state index contributed by atoms with van der Waals surface area (Å²) in [7, 11) is 0. The number of ether oxygens (including phenoxy) is 1. The maximum atomic E-state index is 12.5. The average molecular weight is 402 g/mol. The molecule has 29 heavy (non-hydrogen) atoms. The fourth-order valence-corrected chi connectivity index (χ4v) is 3.30. The van der Waals surface area contributed by atoms with Crippen molar-refractivity contribution in [3.8, 4) is 5.75 Å². The standard InChI is InChI=1S/C25H20ClNO2/c26-22-13-11-18(12-14-22)16-27-25(28)21-8-3-5-19(15-21)17-29-24-10-4-7-20-6-1-2-9-23(20)24/h1-15H,16-17H2,(H,27,28). The molecule has 0 unspecified atom stereocenters. The van der Waals surface area contributed by atoms with E-state index in [2.05, 4.69) is 17.4 Å². The number of carbonyl (C=O) groups excluding carboxylic acids is 1. The molecule has 0 spiro atoms. The highest BCUT2D eigenvalue weighted by molar-refractivity contribution is 6.30. The van der Waals surface area contributed by atoms with Crippen LogP contribution in [0.25, 0.3) is 10.8 Å². The molecule has 4 heteroatoms. The summed E-state index contributed by atoms with van der Waals surface area (Å²) in [6.07, 6.45) is 0. The van der Waals surface area contributed by atoms with E-state index in [-0.39, 0.29) is 5.91 Å². The highest BCUT2D eigenvalue weighted by Crippen LogP contribution is 2.26. The highest BCUT2D eigenvalue weighted by atomic mass is 35.5. The Balaban J connectivity index is 1.41. The topological polar surface area (TPSA) is 38.3 Å². The predicted octanol–water partition coefficient (Wildman–Crippen LogP) is 6.00. The highest BCUT2D eigenvalue weighted by Gasteiger charge is 2.07. The average Bonchev–Trinajstić information content (AvgIpc) is 2.77.